The average Bonchev–Trinajstić information content (AvgIpc) is 3.45. The molecule has 0 bridgehead atoms. The highest BCUT2D eigenvalue weighted by Gasteiger charge is 2.14. The Morgan fingerprint density at radius 2 is 1.79 bits per heavy atom. The third-order valence-corrected chi connectivity index (χ3v) is 5.06. The van der Waals surface area contributed by atoms with E-state index in [-0.39, 0.29) is 6.79 Å². The molecule has 1 fully saturated rings. The summed E-state index contributed by atoms with van der Waals surface area (Å²) in [7, 11) is 0. The maximum atomic E-state index is 5.42. The van der Waals surface area contributed by atoms with E-state index in [9.17, 15) is 0 Å². The number of hydrogen-bond acceptors (Lipinski definition) is 8. The number of nitrogens with one attached hydrogen (secondary N) is 2. The molecule has 0 aliphatic carbocycles. The molecule has 1 aromatic heterocycles. The summed E-state index contributed by atoms with van der Waals surface area (Å²) in [6.07, 6.45) is 4.14. The quantitative estimate of drug-likeness (QED) is 0.661. The fourth-order valence-corrected chi connectivity index (χ4v) is 3.55. The molecule has 0 amide bonds. The molecule has 2 aliphatic rings. The highest BCUT2D eigenvalue weighted by molar-refractivity contribution is 5.60. The van der Waals surface area contributed by atoms with E-state index < -0.39 is 0 Å². The Bertz CT molecular complexity index is 989. The molecular weight excluding hydrogens is 368 g/mol. The molecule has 0 atom stereocenters. The number of ether oxygens (including phenoxy) is 2. The fraction of sp³-hybridized carbons (Fsp3) is 0.286. The van der Waals surface area contributed by atoms with Crippen LogP contribution in [-0.4, -0.2) is 35.1 Å². The van der Waals surface area contributed by atoms with Gasteiger partial charge in [-0.15, -0.1) is 5.10 Å². The van der Waals surface area contributed by atoms with Gasteiger partial charge in [-0.1, -0.05) is 6.07 Å². The third kappa shape index (κ3) is 4.01. The van der Waals surface area contributed by atoms with Crippen molar-refractivity contribution < 1.29 is 9.47 Å². The van der Waals surface area contributed by atoms with Gasteiger partial charge in [0, 0.05) is 31.0 Å². The summed E-state index contributed by atoms with van der Waals surface area (Å²) in [5.41, 5.74) is 3.26. The van der Waals surface area contributed by atoms with Crippen LogP contribution in [0.1, 0.15) is 18.4 Å². The van der Waals surface area contributed by atoms with Crippen LogP contribution in [0.15, 0.2) is 48.7 Å². The lowest BCUT2D eigenvalue weighted by Crippen LogP contribution is -2.17. The number of aromatic nitrogens is 3. The van der Waals surface area contributed by atoms with Gasteiger partial charge < -0.3 is 25.0 Å². The van der Waals surface area contributed by atoms with Crippen LogP contribution in [0.5, 0.6) is 11.5 Å². The molecule has 2 aromatic carbocycles. The SMILES string of the molecule is c1cc2c(cc1CNc1cnnc(Nc3ccc(N4CCCC4)cc3)n1)OCO2. The molecule has 3 aromatic rings. The third-order valence-electron chi connectivity index (χ3n) is 5.06. The standard InChI is InChI=1S/C21H22N6O2/c1-2-10-27(9-1)17-6-4-16(5-7-17)24-21-25-20(13-23-26-21)22-12-15-3-8-18-19(11-15)29-14-28-18/h3-8,11,13H,1-2,9-10,12,14H2,(H2,22,24,25,26). The lowest BCUT2D eigenvalue weighted by atomic mass is 10.2. The van der Waals surface area contributed by atoms with Crippen molar-refractivity contribution in [1.29, 1.82) is 0 Å². The monoisotopic (exact) mass is 390 g/mol. The topological polar surface area (TPSA) is 84.4 Å². The van der Waals surface area contributed by atoms with Gasteiger partial charge in [0.25, 0.3) is 0 Å². The van der Waals surface area contributed by atoms with E-state index in [1.165, 1.54) is 18.5 Å². The van der Waals surface area contributed by atoms with Gasteiger partial charge >= 0.3 is 0 Å². The fourth-order valence-electron chi connectivity index (χ4n) is 3.55. The maximum absolute atomic E-state index is 5.42. The summed E-state index contributed by atoms with van der Waals surface area (Å²) in [6.45, 7) is 3.14. The lowest BCUT2D eigenvalue weighted by molar-refractivity contribution is 0.174. The zero-order valence-electron chi connectivity index (χ0n) is 16.0. The van der Waals surface area contributed by atoms with Gasteiger partial charge in [0.05, 0.1) is 6.20 Å². The van der Waals surface area contributed by atoms with Crippen LogP contribution in [0.2, 0.25) is 0 Å². The van der Waals surface area contributed by atoms with Gasteiger partial charge in [-0.3, -0.25) is 0 Å². The highest BCUT2D eigenvalue weighted by atomic mass is 16.7. The first-order valence-electron chi connectivity index (χ1n) is 9.78. The van der Waals surface area contributed by atoms with Crippen LogP contribution in [0.25, 0.3) is 0 Å². The van der Waals surface area contributed by atoms with Gasteiger partial charge in [-0.2, -0.15) is 10.1 Å². The molecule has 29 heavy (non-hydrogen) atoms. The molecule has 2 N–H and O–H groups in total. The number of hydrogen-bond donors (Lipinski definition) is 2. The summed E-state index contributed by atoms with van der Waals surface area (Å²) in [5.74, 6) is 2.65. The molecule has 0 radical (unpaired) electrons. The molecule has 8 nitrogen and oxygen atoms in total. The van der Waals surface area contributed by atoms with Crippen LogP contribution in [0.4, 0.5) is 23.1 Å². The average molecular weight is 390 g/mol. The number of benzene rings is 2. The Hall–Kier alpha value is -3.55. The van der Waals surface area contributed by atoms with E-state index in [0.29, 0.717) is 18.3 Å². The van der Waals surface area contributed by atoms with Crippen molar-refractivity contribution in [3.05, 3.63) is 54.2 Å². The Morgan fingerprint density at radius 3 is 2.66 bits per heavy atom. The predicted octanol–water partition coefficient (Wildman–Crippen LogP) is 3.56. The molecular formula is C21H22N6O2. The lowest BCUT2D eigenvalue weighted by Gasteiger charge is -2.17. The molecule has 8 heteroatoms. The summed E-state index contributed by atoms with van der Waals surface area (Å²) in [6, 6.07) is 14.2. The summed E-state index contributed by atoms with van der Waals surface area (Å²) >= 11 is 0. The second-order valence-electron chi connectivity index (χ2n) is 7.07. The van der Waals surface area contributed by atoms with Crippen molar-refractivity contribution in [2.75, 3.05) is 35.4 Å². The molecule has 1 saturated heterocycles. The number of anilines is 4. The van der Waals surface area contributed by atoms with Crippen molar-refractivity contribution >= 4 is 23.1 Å². The van der Waals surface area contributed by atoms with Crippen LogP contribution in [-0.2, 0) is 6.54 Å². The van der Waals surface area contributed by atoms with Crippen LogP contribution < -0.4 is 25.0 Å². The molecule has 0 saturated carbocycles. The summed E-state index contributed by atoms with van der Waals surface area (Å²) in [5, 5.41) is 14.6. The Balaban J connectivity index is 1.21. The second kappa shape index (κ2) is 7.83. The van der Waals surface area contributed by atoms with Crippen LogP contribution >= 0.6 is 0 Å². The first-order valence-corrected chi connectivity index (χ1v) is 9.78. The van der Waals surface area contributed by atoms with Crippen LogP contribution in [0, 0.1) is 0 Å². The molecule has 5 rings (SSSR count). The Labute approximate surface area is 168 Å². The van der Waals surface area contributed by atoms with E-state index >= 15 is 0 Å². The molecule has 0 spiro atoms. The Morgan fingerprint density at radius 1 is 0.966 bits per heavy atom. The predicted molar refractivity (Wildman–Crippen MR) is 111 cm³/mol. The van der Waals surface area contributed by atoms with Crippen molar-refractivity contribution in [1.82, 2.24) is 15.2 Å². The minimum absolute atomic E-state index is 0.274. The zero-order chi connectivity index (χ0) is 19.5. The zero-order valence-corrected chi connectivity index (χ0v) is 16.0. The van der Waals surface area contributed by atoms with Crippen molar-refractivity contribution in [2.45, 2.75) is 19.4 Å². The van der Waals surface area contributed by atoms with Gasteiger partial charge in [0.15, 0.2) is 17.3 Å². The van der Waals surface area contributed by atoms with Crippen molar-refractivity contribution in [2.24, 2.45) is 0 Å². The van der Waals surface area contributed by atoms with E-state index in [1.807, 2.05) is 30.3 Å². The van der Waals surface area contributed by atoms with E-state index in [0.717, 1.165) is 35.8 Å². The number of rotatable bonds is 6. The van der Waals surface area contributed by atoms with Gasteiger partial charge in [0.2, 0.25) is 12.7 Å². The van der Waals surface area contributed by atoms with Crippen LogP contribution in [0.3, 0.4) is 0 Å². The van der Waals surface area contributed by atoms with E-state index in [1.54, 1.807) is 6.20 Å². The van der Waals surface area contributed by atoms with E-state index in [2.05, 4.69) is 42.8 Å². The van der Waals surface area contributed by atoms with Crippen molar-refractivity contribution in [3.63, 3.8) is 0 Å². The minimum Gasteiger partial charge on any atom is -0.454 e. The number of fused-ring (bicyclic) bond motifs is 1. The Kier molecular flexibility index (Phi) is 4.73. The molecule has 3 heterocycles. The second-order valence-corrected chi connectivity index (χ2v) is 7.07. The van der Waals surface area contributed by atoms with E-state index in [4.69, 9.17) is 9.47 Å². The normalized spacial score (nSPS) is 14.8. The maximum Gasteiger partial charge on any atom is 0.249 e. The molecule has 0 unspecified atom stereocenters. The minimum atomic E-state index is 0.274. The molecule has 148 valence electrons. The largest absolute Gasteiger partial charge is 0.454 e. The first-order chi connectivity index (χ1) is 14.3. The highest BCUT2D eigenvalue weighted by Crippen LogP contribution is 2.32. The summed E-state index contributed by atoms with van der Waals surface area (Å²) in [4.78, 5) is 6.90. The van der Waals surface area contributed by atoms with Crippen molar-refractivity contribution in [3.8, 4) is 11.5 Å². The van der Waals surface area contributed by atoms with Gasteiger partial charge in [0.1, 0.15) is 0 Å². The smallest absolute Gasteiger partial charge is 0.249 e. The van der Waals surface area contributed by atoms with Gasteiger partial charge in [-0.25, -0.2) is 0 Å². The first kappa shape index (κ1) is 17.5. The number of nitrogens with zero attached hydrogens (tertiary/aromatic N) is 4. The summed E-state index contributed by atoms with van der Waals surface area (Å²) < 4.78 is 10.8. The van der Waals surface area contributed by atoms with Gasteiger partial charge in [-0.05, 0) is 54.8 Å². The molecule has 2 aliphatic heterocycles.